The third-order valence-electron chi connectivity index (χ3n) is 5.15. The second-order valence-electron chi connectivity index (χ2n) is 7.78. The Bertz CT molecular complexity index is 1520. The Morgan fingerprint density at radius 3 is 2.18 bits per heavy atom. The lowest BCUT2D eigenvalue weighted by Gasteiger charge is -2.10. The van der Waals surface area contributed by atoms with Gasteiger partial charge in [0.2, 0.25) is 0 Å². The molecule has 0 spiro atoms. The van der Waals surface area contributed by atoms with Gasteiger partial charge in [0, 0.05) is 25.1 Å². The number of ether oxygens (including phenoxy) is 1. The first-order valence-electron chi connectivity index (χ1n) is 11.1. The Morgan fingerprint density at radius 1 is 0.789 bits per heavy atom. The van der Waals surface area contributed by atoms with Gasteiger partial charge in [-0.05, 0) is 78.9 Å². The summed E-state index contributed by atoms with van der Waals surface area (Å²) in [6, 6.07) is 24.7. The SMILES string of the molecule is O=C(Nc1ccccc1C(=O)N/N=C\c1cc(Br)ccc1OC(=O)c1ccc(Br)cc1)c1ccc(Cl)cc1. The van der Waals surface area contributed by atoms with Crippen LogP contribution < -0.4 is 15.5 Å². The average Bonchev–Trinajstić information content (AvgIpc) is 2.91. The second-order valence-corrected chi connectivity index (χ2v) is 10.1. The number of carbonyl (C=O) groups is 3. The van der Waals surface area contributed by atoms with E-state index in [1.807, 2.05) is 0 Å². The van der Waals surface area contributed by atoms with Gasteiger partial charge in [0.25, 0.3) is 11.8 Å². The van der Waals surface area contributed by atoms with Crippen LogP contribution in [0.4, 0.5) is 5.69 Å². The number of hydrogen-bond acceptors (Lipinski definition) is 5. The molecule has 190 valence electrons. The highest BCUT2D eigenvalue weighted by Crippen LogP contribution is 2.23. The van der Waals surface area contributed by atoms with Crippen LogP contribution in [-0.4, -0.2) is 24.0 Å². The van der Waals surface area contributed by atoms with E-state index in [2.05, 4.69) is 47.7 Å². The van der Waals surface area contributed by atoms with Crippen LogP contribution >= 0.6 is 43.5 Å². The first kappa shape index (κ1) is 27.3. The maximum atomic E-state index is 12.9. The van der Waals surface area contributed by atoms with Crippen LogP contribution in [0, 0.1) is 0 Å². The molecule has 2 amide bonds. The molecular formula is C28H18Br2ClN3O4. The number of amides is 2. The zero-order valence-corrected chi connectivity index (χ0v) is 23.4. The molecule has 38 heavy (non-hydrogen) atoms. The molecule has 10 heteroatoms. The van der Waals surface area contributed by atoms with Crippen molar-refractivity contribution in [1.29, 1.82) is 0 Å². The molecule has 0 saturated carbocycles. The highest BCUT2D eigenvalue weighted by molar-refractivity contribution is 9.10. The number of hydrogen-bond donors (Lipinski definition) is 2. The lowest BCUT2D eigenvalue weighted by molar-refractivity contribution is 0.0733. The van der Waals surface area contributed by atoms with Gasteiger partial charge in [-0.25, -0.2) is 10.2 Å². The average molecular weight is 656 g/mol. The molecule has 4 rings (SSSR count). The molecule has 0 atom stereocenters. The summed E-state index contributed by atoms with van der Waals surface area (Å²) in [5.41, 5.74) is 4.19. The molecular weight excluding hydrogens is 638 g/mol. The largest absolute Gasteiger partial charge is 0.422 e. The van der Waals surface area contributed by atoms with E-state index in [4.69, 9.17) is 16.3 Å². The van der Waals surface area contributed by atoms with Crippen LogP contribution in [0.1, 0.15) is 36.6 Å². The number of hydrazone groups is 1. The summed E-state index contributed by atoms with van der Waals surface area (Å²) in [7, 11) is 0. The molecule has 0 bridgehead atoms. The minimum absolute atomic E-state index is 0.211. The van der Waals surface area contributed by atoms with Gasteiger partial charge in [-0.3, -0.25) is 9.59 Å². The van der Waals surface area contributed by atoms with Crippen molar-refractivity contribution in [2.75, 3.05) is 5.32 Å². The maximum absolute atomic E-state index is 12.9. The number of carbonyl (C=O) groups excluding carboxylic acids is 3. The number of halogens is 3. The molecule has 4 aromatic rings. The minimum Gasteiger partial charge on any atom is -0.422 e. The molecule has 0 unspecified atom stereocenters. The number of benzene rings is 4. The van der Waals surface area contributed by atoms with Crippen LogP contribution in [0.2, 0.25) is 5.02 Å². The van der Waals surface area contributed by atoms with Crippen molar-refractivity contribution < 1.29 is 19.1 Å². The molecule has 0 aliphatic carbocycles. The highest BCUT2D eigenvalue weighted by Gasteiger charge is 2.15. The van der Waals surface area contributed by atoms with E-state index >= 15 is 0 Å². The summed E-state index contributed by atoms with van der Waals surface area (Å²) in [5.74, 6) is -1.22. The number of anilines is 1. The lowest BCUT2D eigenvalue weighted by atomic mass is 10.1. The van der Waals surface area contributed by atoms with Gasteiger partial charge in [0.05, 0.1) is 23.0 Å². The van der Waals surface area contributed by atoms with Crippen LogP contribution in [0.15, 0.2) is 105 Å². The van der Waals surface area contributed by atoms with Crippen LogP contribution in [0.5, 0.6) is 5.75 Å². The van der Waals surface area contributed by atoms with Crippen LogP contribution in [-0.2, 0) is 0 Å². The number of nitrogens with zero attached hydrogens (tertiary/aromatic N) is 1. The van der Waals surface area contributed by atoms with E-state index in [1.165, 1.54) is 6.21 Å². The molecule has 4 aromatic carbocycles. The normalized spacial score (nSPS) is 10.7. The van der Waals surface area contributed by atoms with E-state index in [0.29, 0.717) is 27.4 Å². The molecule has 2 N–H and O–H groups in total. The molecule has 0 radical (unpaired) electrons. The van der Waals surface area contributed by atoms with Gasteiger partial charge in [-0.2, -0.15) is 5.10 Å². The Balaban J connectivity index is 1.47. The molecule has 0 aliphatic heterocycles. The standard InChI is InChI=1S/C28H18Br2ClN3O4/c29-20-9-5-18(6-10-20)28(37)38-25-14-11-21(30)15-19(25)16-32-34-27(36)23-3-1-2-4-24(23)33-26(35)17-7-12-22(31)13-8-17/h1-16H,(H,33,35)(H,34,36)/b32-16-. The molecule has 0 heterocycles. The summed E-state index contributed by atoms with van der Waals surface area (Å²) < 4.78 is 7.11. The number of rotatable bonds is 7. The molecule has 0 fully saturated rings. The van der Waals surface area contributed by atoms with Crippen LogP contribution in [0.3, 0.4) is 0 Å². The van der Waals surface area contributed by atoms with Gasteiger partial charge in [-0.15, -0.1) is 0 Å². The van der Waals surface area contributed by atoms with Gasteiger partial charge < -0.3 is 10.1 Å². The fraction of sp³-hybridized carbons (Fsp3) is 0. The van der Waals surface area contributed by atoms with Crippen molar-refractivity contribution in [2.24, 2.45) is 5.10 Å². The van der Waals surface area contributed by atoms with Crippen molar-refractivity contribution in [3.63, 3.8) is 0 Å². The van der Waals surface area contributed by atoms with Gasteiger partial charge in [0.15, 0.2) is 0 Å². The highest BCUT2D eigenvalue weighted by atomic mass is 79.9. The summed E-state index contributed by atoms with van der Waals surface area (Å²) >= 11 is 12.6. The molecule has 0 aromatic heterocycles. The zero-order chi connectivity index (χ0) is 27.1. The third kappa shape index (κ3) is 7.16. The van der Waals surface area contributed by atoms with Crippen molar-refractivity contribution in [3.8, 4) is 5.75 Å². The first-order chi connectivity index (χ1) is 18.3. The van der Waals surface area contributed by atoms with E-state index in [1.54, 1.807) is 91.0 Å². The van der Waals surface area contributed by atoms with Crippen molar-refractivity contribution in [1.82, 2.24) is 5.43 Å². The first-order valence-corrected chi connectivity index (χ1v) is 13.0. The monoisotopic (exact) mass is 653 g/mol. The maximum Gasteiger partial charge on any atom is 0.343 e. The van der Waals surface area contributed by atoms with Crippen LogP contribution in [0.25, 0.3) is 0 Å². The van der Waals surface area contributed by atoms with Crippen molar-refractivity contribution >= 4 is 73.1 Å². The van der Waals surface area contributed by atoms with E-state index in [-0.39, 0.29) is 11.3 Å². The Kier molecular flexibility index (Phi) is 9.06. The number of para-hydroxylation sites is 1. The molecule has 0 saturated heterocycles. The smallest absolute Gasteiger partial charge is 0.343 e. The minimum atomic E-state index is -0.545. The fourth-order valence-corrected chi connectivity index (χ4v) is 4.03. The lowest BCUT2D eigenvalue weighted by Crippen LogP contribution is -2.21. The Morgan fingerprint density at radius 2 is 1.45 bits per heavy atom. The number of nitrogens with one attached hydrogen (secondary N) is 2. The van der Waals surface area contributed by atoms with E-state index < -0.39 is 17.8 Å². The van der Waals surface area contributed by atoms with E-state index in [9.17, 15) is 14.4 Å². The fourth-order valence-electron chi connectivity index (χ4n) is 3.26. The summed E-state index contributed by atoms with van der Waals surface area (Å²) in [6.07, 6.45) is 1.36. The summed E-state index contributed by atoms with van der Waals surface area (Å²) in [6.45, 7) is 0. The predicted molar refractivity (Wildman–Crippen MR) is 154 cm³/mol. The Hall–Kier alpha value is -3.79. The van der Waals surface area contributed by atoms with Gasteiger partial charge in [0.1, 0.15) is 5.75 Å². The molecule has 0 aliphatic rings. The second kappa shape index (κ2) is 12.6. The quantitative estimate of drug-likeness (QED) is 0.0961. The van der Waals surface area contributed by atoms with Gasteiger partial charge >= 0.3 is 5.97 Å². The van der Waals surface area contributed by atoms with Gasteiger partial charge in [-0.1, -0.05) is 55.6 Å². The van der Waals surface area contributed by atoms with E-state index in [0.717, 1.165) is 8.95 Å². The Labute approximate surface area is 240 Å². The third-order valence-corrected chi connectivity index (χ3v) is 6.42. The summed E-state index contributed by atoms with van der Waals surface area (Å²) in [4.78, 5) is 38.1. The van der Waals surface area contributed by atoms with Crippen molar-refractivity contribution in [2.45, 2.75) is 0 Å². The predicted octanol–water partition coefficient (Wildman–Crippen LogP) is 7.10. The zero-order valence-electron chi connectivity index (χ0n) is 19.5. The topological polar surface area (TPSA) is 96.9 Å². The van der Waals surface area contributed by atoms with Crippen molar-refractivity contribution in [3.05, 3.63) is 127 Å². The number of esters is 1. The summed E-state index contributed by atoms with van der Waals surface area (Å²) in [5, 5.41) is 7.27. The molecule has 7 nitrogen and oxygen atoms in total.